The van der Waals surface area contributed by atoms with Gasteiger partial charge in [-0.25, -0.2) is 17.5 Å². The maximum absolute atomic E-state index is 13.4. The Labute approximate surface area is 186 Å². The van der Waals surface area contributed by atoms with E-state index in [1.165, 1.54) is 27.6 Å². The summed E-state index contributed by atoms with van der Waals surface area (Å²) in [6, 6.07) is 12.0. The van der Waals surface area contributed by atoms with Gasteiger partial charge in [-0.2, -0.15) is 0 Å². The van der Waals surface area contributed by atoms with Crippen LogP contribution in [-0.4, -0.2) is 25.2 Å². The molecule has 2 aromatic rings. The molecule has 0 atom stereocenters. The normalized spacial score (nSPS) is 17.1. The average Bonchev–Trinajstić information content (AvgIpc) is 2.70. The molecule has 1 aliphatic carbocycles. The van der Waals surface area contributed by atoms with Crippen LogP contribution >= 0.6 is 0 Å². The number of carboxylic acids is 1. The fraction of sp³-hybridized carbons (Fsp3) is 0.480. The molecule has 0 fully saturated rings. The third-order valence-electron chi connectivity index (χ3n) is 6.45. The van der Waals surface area contributed by atoms with Gasteiger partial charge in [0.2, 0.25) is 10.0 Å². The highest BCUT2D eigenvalue weighted by Crippen LogP contribution is 2.47. The smallest absolute Gasteiger partial charge is 0.335 e. The third-order valence-corrected chi connectivity index (χ3v) is 8.24. The van der Waals surface area contributed by atoms with Gasteiger partial charge in [-0.15, -0.1) is 0 Å². The van der Waals surface area contributed by atoms with Gasteiger partial charge in [-0.1, -0.05) is 47.1 Å². The van der Waals surface area contributed by atoms with Gasteiger partial charge in [0.25, 0.3) is 0 Å². The first-order chi connectivity index (χ1) is 14.4. The van der Waals surface area contributed by atoms with Gasteiger partial charge in [-0.3, -0.25) is 0 Å². The number of anilines is 2. The molecule has 2 aromatic carbocycles. The highest BCUT2D eigenvalue weighted by Gasteiger charge is 2.38. The van der Waals surface area contributed by atoms with Crippen molar-refractivity contribution in [3.8, 4) is 0 Å². The Bertz CT molecular complexity index is 1070. The first-order valence-electron chi connectivity index (χ1n) is 10.9. The van der Waals surface area contributed by atoms with Crippen LogP contribution in [0.4, 0.5) is 11.4 Å². The summed E-state index contributed by atoms with van der Waals surface area (Å²) in [7, 11) is -3.63. The lowest BCUT2D eigenvalue weighted by Crippen LogP contribution is -2.35. The topological polar surface area (TPSA) is 74.7 Å². The summed E-state index contributed by atoms with van der Waals surface area (Å²) in [4.78, 5) is 11.3. The summed E-state index contributed by atoms with van der Waals surface area (Å²) in [5.74, 6) is -0.999. The van der Waals surface area contributed by atoms with E-state index in [-0.39, 0.29) is 22.1 Å². The Hall–Kier alpha value is -2.34. The third kappa shape index (κ3) is 4.64. The average molecular weight is 444 g/mol. The van der Waals surface area contributed by atoms with Gasteiger partial charge in [0.05, 0.1) is 22.7 Å². The molecule has 168 valence electrons. The van der Waals surface area contributed by atoms with Crippen LogP contribution in [0.5, 0.6) is 0 Å². The summed E-state index contributed by atoms with van der Waals surface area (Å²) in [6.45, 7) is 10.9. The van der Waals surface area contributed by atoms with Crippen molar-refractivity contribution in [2.75, 3.05) is 10.1 Å². The minimum atomic E-state index is -3.63. The van der Waals surface area contributed by atoms with Crippen LogP contribution < -0.4 is 4.31 Å². The zero-order valence-corrected chi connectivity index (χ0v) is 19.9. The molecule has 1 aliphatic rings. The number of nitrogens with zero attached hydrogens (tertiary/aromatic N) is 1. The van der Waals surface area contributed by atoms with E-state index in [9.17, 15) is 18.3 Å². The van der Waals surface area contributed by atoms with Crippen molar-refractivity contribution in [3.05, 3.63) is 59.2 Å². The molecular formula is C25H33NO4S. The lowest BCUT2D eigenvalue weighted by Gasteiger charge is -2.42. The van der Waals surface area contributed by atoms with Gasteiger partial charge in [-0.05, 0) is 77.6 Å². The predicted octanol–water partition coefficient (Wildman–Crippen LogP) is 6.00. The van der Waals surface area contributed by atoms with Crippen molar-refractivity contribution >= 4 is 27.4 Å². The van der Waals surface area contributed by atoms with E-state index in [1.54, 1.807) is 12.1 Å². The summed E-state index contributed by atoms with van der Waals surface area (Å²) in [5, 5.41) is 9.21. The summed E-state index contributed by atoms with van der Waals surface area (Å²) in [6.07, 6.45) is 3.46. The molecule has 31 heavy (non-hydrogen) atoms. The van der Waals surface area contributed by atoms with Crippen LogP contribution in [0.3, 0.4) is 0 Å². The fourth-order valence-corrected chi connectivity index (χ4v) is 6.04. The Morgan fingerprint density at radius 2 is 1.48 bits per heavy atom. The van der Waals surface area contributed by atoms with Crippen molar-refractivity contribution in [1.29, 1.82) is 0 Å². The first-order valence-corrected chi connectivity index (χ1v) is 12.5. The molecule has 0 heterocycles. The molecule has 0 bridgehead atoms. The fourth-order valence-electron chi connectivity index (χ4n) is 4.33. The quantitative estimate of drug-likeness (QED) is 0.569. The standard InChI is InChI=1S/C25H33NO4S/c1-6-7-16-31(29,30)26(19-10-8-18(9-11-19)23(27)28)20-12-13-21-22(17-20)25(4,5)15-14-24(21,2)3/h8-13,17H,6-7,14-16H2,1-5H3,(H,27,28). The van der Waals surface area contributed by atoms with Crippen LogP contribution in [0.1, 0.15) is 81.8 Å². The number of aromatic carboxylic acids is 1. The number of hydrogen-bond acceptors (Lipinski definition) is 3. The van der Waals surface area contributed by atoms with Crippen LogP contribution in [0.2, 0.25) is 0 Å². The van der Waals surface area contributed by atoms with Crippen molar-refractivity contribution in [2.45, 2.75) is 71.1 Å². The molecule has 0 radical (unpaired) electrons. The van der Waals surface area contributed by atoms with Gasteiger partial charge >= 0.3 is 5.97 Å². The van der Waals surface area contributed by atoms with Gasteiger partial charge < -0.3 is 5.11 Å². The Kier molecular flexibility index (Phi) is 6.25. The molecule has 0 spiro atoms. The van der Waals surface area contributed by atoms with Gasteiger partial charge in [0, 0.05) is 0 Å². The number of fused-ring (bicyclic) bond motifs is 1. The van der Waals surface area contributed by atoms with Crippen molar-refractivity contribution in [2.24, 2.45) is 0 Å². The van der Waals surface area contributed by atoms with E-state index in [0.717, 1.165) is 19.3 Å². The zero-order valence-electron chi connectivity index (χ0n) is 19.1. The SMILES string of the molecule is CCCCS(=O)(=O)N(c1ccc(C(=O)O)cc1)c1ccc2c(c1)C(C)(C)CCC2(C)C. The molecule has 0 amide bonds. The molecule has 0 unspecified atom stereocenters. The second-order valence-electron chi connectivity index (χ2n) is 9.78. The number of carboxylic acid groups (broad SMARTS) is 1. The van der Waals surface area contributed by atoms with E-state index in [0.29, 0.717) is 17.8 Å². The lowest BCUT2D eigenvalue weighted by molar-refractivity contribution is 0.0697. The van der Waals surface area contributed by atoms with E-state index in [1.807, 2.05) is 19.1 Å². The van der Waals surface area contributed by atoms with E-state index in [4.69, 9.17) is 0 Å². The largest absolute Gasteiger partial charge is 0.478 e. The summed E-state index contributed by atoms with van der Waals surface area (Å²) < 4.78 is 28.1. The molecule has 5 nitrogen and oxygen atoms in total. The highest BCUT2D eigenvalue weighted by molar-refractivity contribution is 7.93. The molecule has 3 rings (SSSR count). The second-order valence-corrected chi connectivity index (χ2v) is 11.7. The van der Waals surface area contributed by atoms with Crippen molar-refractivity contribution in [1.82, 2.24) is 0 Å². The number of sulfonamides is 1. The maximum Gasteiger partial charge on any atom is 0.335 e. The maximum atomic E-state index is 13.4. The Morgan fingerprint density at radius 3 is 2.03 bits per heavy atom. The Balaban J connectivity index is 2.17. The lowest BCUT2D eigenvalue weighted by atomic mass is 9.63. The zero-order chi connectivity index (χ0) is 23.0. The van der Waals surface area contributed by atoms with Crippen molar-refractivity contribution < 1.29 is 18.3 Å². The minimum Gasteiger partial charge on any atom is -0.478 e. The molecular weight excluding hydrogens is 410 g/mol. The molecule has 0 saturated heterocycles. The second kappa shape index (κ2) is 8.30. The first kappa shape index (κ1) is 23.3. The predicted molar refractivity (Wildman–Crippen MR) is 126 cm³/mol. The summed E-state index contributed by atoms with van der Waals surface area (Å²) in [5.41, 5.74) is 3.62. The number of hydrogen-bond donors (Lipinski definition) is 1. The number of benzene rings is 2. The number of rotatable bonds is 7. The number of carbonyl (C=O) groups is 1. The number of unbranched alkanes of at least 4 members (excludes halogenated alkanes) is 1. The molecule has 6 heteroatoms. The summed E-state index contributed by atoms with van der Waals surface area (Å²) >= 11 is 0. The van der Waals surface area contributed by atoms with Gasteiger partial charge in [0.15, 0.2) is 0 Å². The molecule has 0 saturated carbocycles. The monoisotopic (exact) mass is 443 g/mol. The van der Waals surface area contributed by atoms with Crippen LogP contribution in [-0.2, 0) is 20.9 Å². The Morgan fingerprint density at radius 1 is 0.935 bits per heavy atom. The molecule has 0 aromatic heterocycles. The highest BCUT2D eigenvalue weighted by atomic mass is 32.2. The molecule has 1 N–H and O–H groups in total. The molecule has 0 aliphatic heterocycles. The van der Waals surface area contributed by atoms with Crippen LogP contribution in [0.25, 0.3) is 0 Å². The van der Waals surface area contributed by atoms with Crippen LogP contribution in [0.15, 0.2) is 42.5 Å². The van der Waals surface area contributed by atoms with Crippen LogP contribution in [0, 0.1) is 0 Å². The van der Waals surface area contributed by atoms with Gasteiger partial charge in [0.1, 0.15) is 0 Å². The van der Waals surface area contributed by atoms with E-state index < -0.39 is 16.0 Å². The van der Waals surface area contributed by atoms with E-state index >= 15 is 0 Å². The van der Waals surface area contributed by atoms with Crippen molar-refractivity contribution in [3.63, 3.8) is 0 Å². The minimum absolute atomic E-state index is 0.0378. The van der Waals surface area contributed by atoms with E-state index in [2.05, 4.69) is 33.8 Å².